The zero-order chi connectivity index (χ0) is 16.1. The third-order valence-electron chi connectivity index (χ3n) is 4.79. The Morgan fingerprint density at radius 3 is 2.32 bits per heavy atom. The van der Waals surface area contributed by atoms with Gasteiger partial charge >= 0.3 is 12.1 Å². The lowest BCUT2D eigenvalue weighted by atomic mass is 9.88. The third-order valence-corrected chi connectivity index (χ3v) is 4.79. The molecule has 4 atom stereocenters. The fourth-order valence-corrected chi connectivity index (χ4v) is 3.68. The Morgan fingerprint density at radius 1 is 1.14 bits per heavy atom. The van der Waals surface area contributed by atoms with E-state index < -0.39 is 5.60 Å². The van der Waals surface area contributed by atoms with E-state index in [9.17, 15) is 9.59 Å². The van der Waals surface area contributed by atoms with Crippen molar-refractivity contribution in [3.05, 3.63) is 0 Å². The Morgan fingerprint density at radius 2 is 1.77 bits per heavy atom. The first kappa shape index (κ1) is 15.6. The number of piperidine rings is 1. The Labute approximate surface area is 131 Å². The quantitative estimate of drug-likeness (QED) is 0.739. The maximum Gasteiger partial charge on any atom is 0.410 e. The molecule has 4 unspecified atom stereocenters. The van der Waals surface area contributed by atoms with Crippen molar-refractivity contribution in [2.45, 2.75) is 51.3 Å². The van der Waals surface area contributed by atoms with Crippen LogP contribution < -0.4 is 0 Å². The lowest BCUT2D eigenvalue weighted by molar-refractivity contribution is -0.142. The van der Waals surface area contributed by atoms with Gasteiger partial charge in [-0.3, -0.25) is 14.6 Å². The van der Waals surface area contributed by atoms with Gasteiger partial charge in [-0.25, -0.2) is 4.79 Å². The third kappa shape index (κ3) is 3.07. The molecule has 3 saturated heterocycles. The highest BCUT2D eigenvalue weighted by Crippen LogP contribution is 2.42. The molecule has 0 aromatic rings. The molecule has 6 heteroatoms. The Bertz CT molecular complexity index is 461. The van der Waals surface area contributed by atoms with Crippen molar-refractivity contribution in [2.24, 2.45) is 11.8 Å². The topological polar surface area (TPSA) is 59.1 Å². The van der Waals surface area contributed by atoms with Gasteiger partial charge in [-0.05, 0) is 39.5 Å². The molecular weight excluding hydrogens is 284 g/mol. The zero-order valence-corrected chi connectivity index (χ0v) is 13.9. The van der Waals surface area contributed by atoms with Crippen LogP contribution in [0.25, 0.3) is 0 Å². The molecule has 124 valence electrons. The summed E-state index contributed by atoms with van der Waals surface area (Å²) in [5.41, 5.74) is -0.442. The van der Waals surface area contributed by atoms with Crippen LogP contribution in [0.2, 0.25) is 0 Å². The van der Waals surface area contributed by atoms with E-state index in [1.807, 2.05) is 25.7 Å². The molecule has 3 heterocycles. The minimum atomic E-state index is -0.442. The molecule has 2 bridgehead atoms. The number of carbonyl (C=O) groups excluding carboxylic acids is 2. The van der Waals surface area contributed by atoms with Gasteiger partial charge in [0.1, 0.15) is 5.60 Å². The van der Waals surface area contributed by atoms with Gasteiger partial charge in [-0.15, -0.1) is 0 Å². The zero-order valence-electron chi connectivity index (χ0n) is 13.9. The first-order valence-corrected chi connectivity index (χ1v) is 8.10. The van der Waals surface area contributed by atoms with E-state index in [0.29, 0.717) is 5.92 Å². The van der Waals surface area contributed by atoms with Gasteiger partial charge in [0.2, 0.25) is 0 Å². The smallest absolute Gasteiger partial charge is 0.410 e. The molecule has 0 aromatic carbocycles. The molecule has 0 N–H and O–H groups in total. The molecule has 4 rings (SSSR count). The molecule has 6 nitrogen and oxygen atoms in total. The van der Waals surface area contributed by atoms with E-state index in [-0.39, 0.29) is 30.1 Å². The van der Waals surface area contributed by atoms with E-state index in [2.05, 4.69) is 4.90 Å². The summed E-state index contributed by atoms with van der Waals surface area (Å²) < 4.78 is 10.3. The van der Waals surface area contributed by atoms with Gasteiger partial charge in [0.15, 0.2) is 0 Å². The number of methoxy groups -OCH3 is 1. The van der Waals surface area contributed by atoms with Crippen LogP contribution >= 0.6 is 0 Å². The summed E-state index contributed by atoms with van der Waals surface area (Å²) in [5, 5.41) is 0. The molecule has 0 spiro atoms. The van der Waals surface area contributed by atoms with E-state index in [4.69, 9.17) is 9.47 Å². The van der Waals surface area contributed by atoms with E-state index in [0.717, 1.165) is 32.5 Å². The highest BCUT2D eigenvalue weighted by Gasteiger charge is 2.51. The standard InChI is InChI=1S/C16H26N2O4/c1-16(2,3)22-15(20)18-11-6-12(18)9-17(8-11)7-10-5-13(10)14(19)21-4/h10-13H,5-9H2,1-4H3. The average molecular weight is 310 g/mol. The molecule has 0 aromatic heterocycles. The Balaban J connectivity index is 1.47. The number of piperazine rings is 1. The van der Waals surface area contributed by atoms with Crippen molar-refractivity contribution in [1.29, 1.82) is 0 Å². The minimum Gasteiger partial charge on any atom is -0.469 e. The fraction of sp³-hybridized carbons (Fsp3) is 0.875. The molecule has 1 saturated carbocycles. The number of hydrogen-bond donors (Lipinski definition) is 0. The van der Waals surface area contributed by atoms with Gasteiger partial charge < -0.3 is 9.47 Å². The van der Waals surface area contributed by atoms with Crippen molar-refractivity contribution in [1.82, 2.24) is 9.80 Å². The molecule has 4 aliphatic rings. The molecule has 0 radical (unpaired) electrons. The monoisotopic (exact) mass is 310 g/mol. The SMILES string of the molecule is COC(=O)C1CC1CN1CC2CC(C1)N2C(=O)OC(C)(C)C. The van der Waals surface area contributed by atoms with Crippen molar-refractivity contribution in [3.8, 4) is 0 Å². The van der Waals surface area contributed by atoms with Crippen molar-refractivity contribution >= 4 is 12.1 Å². The van der Waals surface area contributed by atoms with E-state index >= 15 is 0 Å². The van der Waals surface area contributed by atoms with Crippen LogP contribution in [0, 0.1) is 11.8 Å². The summed E-state index contributed by atoms with van der Waals surface area (Å²) in [7, 11) is 1.45. The van der Waals surface area contributed by atoms with Crippen LogP contribution in [0.15, 0.2) is 0 Å². The summed E-state index contributed by atoms with van der Waals surface area (Å²) >= 11 is 0. The number of hydrogen-bond acceptors (Lipinski definition) is 5. The Kier molecular flexibility index (Phi) is 3.83. The van der Waals surface area contributed by atoms with Crippen LogP contribution in [0.1, 0.15) is 33.6 Å². The van der Waals surface area contributed by atoms with Gasteiger partial charge in [0.05, 0.1) is 25.1 Å². The van der Waals surface area contributed by atoms with Crippen LogP contribution in [-0.4, -0.2) is 66.3 Å². The van der Waals surface area contributed by atoms with Gasteiger partial charge in [-0.2, -0.15) is 0 Å². The van der Waals surface area contributed by atoms with Crippen molar-refractivity contribution in [3.63, 3.8) is 0 Å². The van der Waals surface area contributed by atoms with Crippen LogP contribution in [0.5, 0.6) is 0 Å². The second-order valence-corrected chi connectivity index (χ2v) is 7.77. The molecular formula is C16H26N2O4. The fourth-order valence-electron chi connectivity index (χ4n) is 3.68. The lowest BCUT2D eigenvalue weighted by Crippen LogP contribution is -2.70. The number of ether oxygens (including phenoxy) is 2. The number of rotatable bonds is 3. The summed E-state index contributed by atoms with van der Waals surface area (Å²) in [6, 6.07) is 0.535. The lowest BCUT2D eigenvalue weighted by Gasteiger charge is -2.56. The first-order valence-electron chi connectivity index (χ1n) is 8.10. The molecule has 3 aliphatic heterocycles. The number of amides is 1. The molecule has 1 amide bonds. The van der Waals surface area contributed by atoms with Crippen LogP contribution in [0.4, 0.5) is 4.79 Å². The highest BCUT2D eigenvalue weighted by molar-refractivity contribution is 5.75. The minimum absolute atomic E-state index is 0.0810. The van der Waals surface area contributed by atoms with Crippen LogP contribution in [0.3, 0.4) is 0 Å². The maximum atomic E-state index is 12.2. The van der Waals surface area contributed by atoms with Gasteiger partial charge in [0.25, 0.3) is 0 Å². The Hall–Kier alpha value is -1.30. The van der Waals surface area contributed by atoms with E-state index in [1.54, 1.807) is 0 Å². The summed E-state index contributed by atoms with van der Waals surface area (Å²) in [4.78, 5) is 27.9. The highest BCUT2D eigenvalue weighted by atomic mass is 16.6. The summed E-state index contributed by atoms with van der Waals surface area (Å²) in [6.45, 7) is 8.40. The number of fused-ring (bicyclic) bond motifs is 2. The van der Waals surface area contributed by atoms with Crippen molar-refractivity contribution in [2.75, 3.05) is 26.7 Å². The summed E-state index contributed by atoms with van der Waals surface area (Å²) in [5.74, 6) is 0.438. The molecule has 1 aliphatic carbocycles. The predicted octanol–water partition coefficient (Wildman–Crippen LogP) is 1.49. The van der Waals surface area contributed by atoms with Crippen LogP contribution in [-0.2, 0) is 14.3 Å². The number of carbonyl (C=O) groups is 2. The molecule has 4 fully saturated rings. The largest absolute Gasteiger partial charge is 0.469 e. The number of esters is 1. The van der Waals surface area contributed by atoms with Gasteiger partial charge in [-0.1, -0.05) is 0 Å². The van der Waals surface area contributed by atoms with E-state index in [1.165, 1.54) is 7.11 Å². The summed E-state index contributed by atoms with van der Waals surface area (Å²) in [6.07, 6.45) is 1.82. The predicted molar refractivity (Wildman–Crippen MR) is 80.3 cm³/mol. The first-order chi connectivity index (χ1) is 10.3. The average Bonchev–Trinajstić information content (AvgIpc) is 3.14. The number of nitrogens with zero attached hydrogens (tertiary/aromatic N) is 2. The maximum absolute atomic E-state index is 12.2. The second-order valence-electron chi connectivity index (χ2n) is 7.77. The van der Waals surface area contributed by atoms with Gasteiger partial charge in [0, 0.05) is 19.6 Å². The van der Waals surface area contributed by atoms with Crippen molar-refractivity contribution < 1.29 is 19.1 Å². The molecule has 22 heavy (non-hydrogen) atoms. The second kappa shape index (κ2) is 5.41. The normalized spacial score (nSPS) is 33.9.